The predicted octanol–water partition coefficient (Wildman–Crippen LogP) is 7.15. The van der Waals surface area contributed by atoms with Gasteiger partial charge in [-0.05, 0) is 118 Å². The highest BCUT2D eigenvalue weighted by molar-refractivity contribution is 5.68. The Morgan fingerprint density at radius 2 is 1.91 bits per heavy atom. The van der Waals surface area contributed by atoms with Gasteiger partial charge in [0.05, 0.1) is 12.0 Å². The van der Waals surface area contributed by atoms with Crippen LogP contribution in [0.2, 0.25) is 0 Å². The zero-order valence-corrected chi connectivity index (χ0v) is 21.1. The number of allylic oxidation sites excluding steroid dienone is 3. The number of fused-ring (bicyclic) bond motifs is 5. The second kappa shape index (κ2) is 8.60. The minimum absolute atomic E-state index is 0.123. The molecule has 0 aliphatic heterocycles. The van der Waals surface area contributed by atoms with Gasteiger partial charge < -0.3 is 10.2 Å². The van der Waals surface area contributed by atoms with E-state index in [4.69, 9.17) is 0 Å². The zero-order valence-electron chi connectivity index (χ0n) is 21.1. The molecule has 32 heavy (non-hydrogen) atoms. The summed E-state index contributed by atoms with van der Waals surface area (Å²) in [5.74, 6) is 3.06. The first kappa shape index (κ1) is 24.0. The Morgan fingerprint density at radius 1 is 1.16 bits per heavy atom. The molecule has 4 aliphatic rings. The summed E-state index contributed by atoms with van der Waals surface area (Å²) in [6.07, 6.45) is 16.0. The Hall–Kier alpha value is -1.09. The van der Waals surface area contributed by atoms with Gasteiger partial charge >= 0.3 is 5.97 Å². The first-order valence-electron chi connectivity index (χ1n) is 13.3. The lowest BCUT2D eigenvalue weighted by Crippen LogP contribution is -2.52. The van der Waals surface area contributed by atoms with E-state index in [1.165, 1.54) is 49.7 Å². The van der Waals surface area contributed by atoms with Gasteiger partial charge in [0, 0.05) is 0 Å². The lowest BCUT2D eigenvalue weighted by molar-refractivity contribution is -0.145. The largest absolute Gasteiger partial charge is 0.481 e. The smallest absolute Gasteiger partial charge is 0.306 e. The maximum absolute atomic E-state index is 11.3. The van der Waals surface area contributed by atoms with Crippen LogP contribution in [0.3, 0.4) is 0 Å². The van der Waals surface area contributed by atoms with Gasteiger partial charge in [-0.3, -0.25) is 4.79 Å². The van der Waals surface area contributed by atoms with E-state index in [1.807, 2.05) is 0 Å². The lowest BCUT2D eigenvalue weighted by Gasteiger charge is -2.59. The Bertz CT molecular complexity index is 792. The van der Waals surface area contributed by atoms with Crippen LogP contribution in [0, 0.1) is 40.4 Å². The monoisotopic (exact) mass is 442 g/mol. The van der Waals surface area contributed by atoms with Crippen LogP contribution >= 0.6 is 0 Å². The van der Waals surface area contributed by atoms with E-state index in [1.54, 1.807) is 0 Å². The van der Waals surface area contributed by atoms with Crippen molar-refractivity contribution in [2.45, 2.75) is 111 Å². The normalized spacial score (nSPS) is 44.0. The summed E-state index contributed by atoms with van der Waals surface area (Å²) in [7, 11) is 0. The minimum Gasteiger partial charge on any atom is -0.481 e. The van der Waals surface area contributed by atoms with Crippen LogP contribution in [-0.2, 0) is 4.79 Å². The maximum atomic E-state index is 11.3. The Balaban J connectivity index is 1.51. The third-order valence-electron chi connectivity index (χ3n) is 10.7. The van der Waals surface area contributed by atoms with Crippen LogP contribution < -0.4 is 0 Å². The molecule has 8 atom stereocenters. The molecule has 4 aliphatic carbocycles. The van der Waals surface area contributed by atoms with Gasteiger partial charge in [-0.15, -0.1) is 0 Å². The van der Waals surface area contributed by atoms with E-state index in [2.05, 4.69) is 46.8 Å². The van der Waals surface area contributed by atoms with Crippen molar-refractivity contribution >= 4 is 5.97 Å². The van der Waals surface area contributed by atoms with Crippen molar-refractivity contribution in [3.63, 3.8) is 0 Å². The molecule has 3 nitrogen and oxygen atoms in total. The van der Waals surface area contributed by atoms with Crippen LogP contribution in [-0.4, -0.2) is 21.8 Å². The SMILES string of the molecule is CC(C)=CCC[C@@H](C)[C@H]1CC[C@H]2[C@@H]3CC=C4C[C@@](O)(CC(=O)O)CC[C@]4(C)[C@H]3CC[C@]12C. The van der Waals surface area contributed by atoms with Crippen LogP contribution in [0.25, 0.3) is 0 Å². The van der Waals surface area contributed by atoms with Gasteiger partial charge in [-0.2, -0.15) is 0 Å². The molecule has 0 aromatic heterocycles. The molecule has 0 aromatic rings. The molecule has 3 fully saturated rings. The number of hydrogen-bond donors (Lipinski definition) is 2. The number of carbonyl (C=O) groups is 1. The Morgan fingerprint density at radius 3 is 2.59 bits per heavy atom. The highest BCUT2D eigenvalue weighted by atomic mass is 16.4. The number of carboxylic acids is 1. The minimum atomic E-state index is -1.05. The number of aliphatic carboxylic acids is 1. The van der Waals surface area contributed by atoms with Crippen LogP contribution in [0.4, 0.5) is 0 Å². The molecule has 0 spiro atoms. The molecule has 0 amide bonds. The van der Waals surface area contributed by atoms with Crippen LogP contribution in [0.5, 0.6) is 0 Å². The fourth-order valence-corrected chi connectivity index (χ4v) is 8.96. The molecule has 0 saturated heterocycles. The molecule has 4 rings (SSSR count). The number of aliphatic hydroxyl groups is 1. The summed E-state index contributed by atoms with van der Waals surface area (Å²) in [6, 6.07) is 0. The van der Waals surface area contributed by atoms with Gasteiger partial charge in [0.15, 0.2) is 0 Å². The fourth-order valence-electron chi connectivity index (χ4n) is 8.96. The summed E-state index contributed by atoms with van der Waals surface area (Å²) in [5.41, 5.74) is 2.39. The van der Waals surface area contributed by atoms with Crippen molar-refractivity contribution < 1.29 is 15.0 Å². The second-order valence-electron chi connectivity index (χ2n) is 12.8. The van der Waals surface area contributed by atoms with Crippen molar-refractivity contribution in [2.75, 3.05) is 0 Å². The fraction of sp³-hybridized carbons (Fsp3) is 0.828. The summed E-state index contributed by atoms with van der Waals surface area (Å²) in [4.78, 5) is 11.3. The molecular weight excluding hydrogens is 396 g/mol. The average molecular weight is 443 g/mol. The average Bonchev–Trinajstić information content (AvgIpc) is 3.05. The van der Waals surface area contributed by atoms with Crippen molar-refractivity contribution in [1.82, 2.24) is 0 Å². The van der Waals surface area contributed by atoms with E-state index in [9.17, 15) is 15.0 Å². The van der Waals surface area contributed by atoms with Crippen molar-refractivity contribution in [1.29, 1.82) is 0 Å². The molecule has 2 N–H and O–H groups in total. The molecule has 0 radical (unpaired) electrons. The van der Waals surface area contributed by atoms with Gasteiger partial charge in [0.2, 0.25) is 0 Å². The van der Waals surface area contributed by atoms with Crippen LogP contribution in [0.15, 0.2) is 23.3 Å². The van der Waals surface area contributed by atoms with Crippen molar-refractivity contribution in [2.24, 2.45) is 40.4 Å². The molecule has 0 heterocycles. The van der Waals surface area contributed by atoms with Crippen molar-refractivity contribution in [3.8, 4) is 0 Å². The zero-order chi connectivity index (χ0) is 23.3. The molecule has 3 saturated carbocycles. The van der Waals surface area contributed by atoms with E-state index >= 15 is 0 Å². The van der Waals surface area contributed by atoms with Crippen LogP contribution in [0.1, 0.15) is 105 Å². The summed E-state index contributed by atoms with van der Waals surface area (Å²) >= 11 is 0. The maximum Gasteiger partial charge on any atom is 0.306 e. The highest BCUT2D eigenvalue weighted by Gasteiger charge is 2.60. The van der Waals surface area contributed by atoms with E-state index < -0.39 is 11.6 Å². The van der Waals surface area contributed by atoms with E-state index in [-0.39, 0.29) is 11.8 Å². The van der Waals surface area contributed by atoms with E-state index in [0.717, 1.165) is 36.5 Å². The Kier molecular flexibility index (Phi) is 6.46. The van der Waals surface area contributed by atoms with Crippen molar-refractivity contribution in [3.05, 3.63) is 23.3 Å². The number of hydrogen-bond acceptors (Lipinski definition) is 2. The topological polar surface area (TPSA) is 57.5 Å². The first-order valence-corrected chi connectivity index (χ1v) is 13.3. The third kappa shape index (κ3) is 4.12. The summed E-state index contributed by atoms with van der Waals surface area (Å²) in [5, 5.41) is 20.2. The third-order valence-corrected chi connectivity index (χ3v) is 10.7. The molecule has 3 heteroatoms. The predicted molar refractivity (Wildman–Crippen MR) is 130 cm³/mol. The van der Waals surface area contributed by atoms with Gasteiger partial charge in [-0.1, -0.05) is 44.1 Å². The van der Waals surface area contributed by atoms with Gasteiger partial charge in [-0.25, -0.2) is 0 Å². The summed E-state index contributed by atoms with van der Waals surface area (Å²) in [6.45, 7) is 12.0. The van der Waals surface area contributed by atoms with Gasteiger partial charge in [0.1, 0.15) is 0 Å². The molecule has 0 aromatic carbocycles. The standard InChI is InChI=1S/C29H46O3/c1-19(2)7-6-8-20(3)23-11-12-24-22-10-9-21-17-29(32,18-26(30)31)16-15-27(21,4)25(22)13-14-28(23,24)5/h7,9,20,22-25,32H,6,8,10-18H2,1-5H3,(H,30,31)/t20-,22+,23-,24+,25+,27+,28-,29-/m1/s1. The van der Waals surface area contributed by atoms with E-state index in [0.29, 0.717) is 24.2 Å². The quantitative estimate of drug-likeness (QED) is 0.429. The number of carboxylic acid groups (broad SMARTS) is 1. The molecule has 180 valence electrons. The molecule has 0 unspecified atom stereocenters. The molecular formula is C29H46O3. The lowest BCUT2D eigenvalue weighted by atomic mass is 9.46. The summed E-state index contributed by atoms with van der Waals surface area (Å²) < 4.78 is 0. The number of rotatable bonds is 6. The first-order chi connectivity index (χ1) is 15.0. The highest BCUT2D eigenvalue weighted by Crippen LogP contribution is 2.67. The second-order valence-corrected chi connectivity index (χ2v) is 12.8. The van der Waals surface area contributed by atoms with Gasteiger partial charge in [0.25, 0.3) is 0 Å². The Labute approximate surface area is 195 Å². The molecule has 0 bridgehead atoms.